The summed E-state index contributed by atoms with van der Waals surface area (Å²) < 4.78 is 5.71. The predicted octanol–water partition coefficient (Wildman–Crippen LogP) is 6.05. The van der Waals surface area contributed by atoms with Gasteiger partial charge in [-0.25, -0.2) is 4.79 Å². The smallest absolute Gasteiger partial charge is 0.334 e. The van der Waals surface area contributed by atoms with Crippen molar-refractivity contribution in [3.8, 4) is 0 Å². The van der Waals surface area contributed by atoms with Gasteiger partial charge in [0.2, 0.25) is 0 Å². The maximum absolute atomic E-state index is 12.9. The summed E-state index contributed by atoms with van der Waals surface area (Å²) in [5.41, 5.74) is 0.811. The molecule has 0 bridgehead atoms. The minimum Gasteiger partial charge on any atom is -0.455 e. The van der Waals surface area contributed by atoms with E-state index < -0.39 is 5.60 Å². The Hall–Kier alpha value is -0.870. The van der Waals surface area contributed by atoms with Gasteiger partial charge in [0.25, 0.3) is 0 Å². The Kier molecular flexibility index (Phi) is 5.52. The van der Waals surface area contributed by atoms with Crippen LogP contribution in [0, 0.1) is 45.3 Å². The van der Waals surface area contributed by atoms with Gasteiger partial charge in [0, 0.05) is 12.0 Å². The molecule has 4 nitrogen and oxygen atoms in total. The summed E-state index contributed by atoms with van der Waals surface area (Å²) in [5, 5.41) is 21.1. The molecule has 4 saturated carbocycles. The number of carbonyl (C=O) groups excluding carboxylic acids is 1. The van der Waals surface area contributed by atoms with E-state index in [0.717, 1.165) is 24.8 Å². The van der Waals surface area contributed by atoms with Crippen LogP contribution in [-0.4, -0.2) is 34.0 Å². The fourth-order valence-corrected chi connectivity index (χ4v) is 10.5. The van der Waals surface area contributed by atoms with E-state index in [0.29, 0.717) is 24.2 Å². The number of cyclic esters (lactones) is 1. The summed E-state index contributed by atoms with van der Waals surface area (Å²) in [6.07, 6.45) is 11.2. The first kappa shape index (κ1) is 24.8. The van der Waals surface area contributed by atoms with Crippen molar-refractivity contribution < 1.29 is 19.7 Å². The number of rotatable bonds is 3. The van der Waals surface area contributed by atoms with Gasteiger partial charge in [-0.3, -0.25) is 0 Å². The Morgan fingerprint density at radius 3 is 2.29 bits per heavy atom. The van der Waals surface area contributed by atoms with Crippen molar-refractivity contribution in [2.75, 3.05) is 0 Å². The van der Waals surface area contributed by atoms with E-state index in [1.165, 1.54) is 32.1 Å². The second kappa shape index (κ2) is 7.57. The van der Waals surface area contributed by atoms with Crippen molar-refractivity contribution in [3.05, 3.63) is 11.6 Å². The number of fused-ring (bicyclic) bond motifs is 5. The van der Waals surface area contributed by atoms with Crippen LogP contribution >= 0.6 is 0 Å². The highest BCUT2D eigenvalue weighted by Crippen LogP contribution is 2.75. The van der Waals surface area contributed by atoms with Gasteiger partial charge in [0.1, 0.15) is 6.10 Å². The van der Waals surface area contributed by atoms with Crippen molar-refractivity contribution in [1.82, 2.24) is 0 Å². The van der Waals surface area contributed by atoms with Crippen LogP contribution in [0.1, 0.15) is 106 Å². The fraction of sp³-hybridized carbons (Fsp3) is 0.900. The normalized spacial score (nSPS) is 50.1. The van der Waals surface area contributed by atoms with Gasteiger partial charge in [0.15, 0.2) is 0 Å². The highest BCUT2D eigenvalue weighted by molar-refractivity contribution is 5.91. The number of carbonyl (C=O) groups is 1. The van der Waals surface area contributed by atoms with Crippen LogP contribution in [0.4, 0.5) is 0 Å². The van der Waals surface area contributed by atoms with Crippen LogP contribution in [0.15, 0.2) is 11.6 Å². The second-order valence-electron chi connectivity index (χ2n) is 14.8. The molecule has 0 aromatic heterocycles. The quantitative estimate of drug-likeness (QED) is 0.491. The third kappa shape index (κ3) is 3.33. The van der Waals surface area contributed by atoms with E-state index in [2.05, 4.69) is 34.6 Å². The lowest BCUT2D eigenvalue weighted by Gasteiger charge is -2.69. The van der Waals surface area contributed by atoms with Crippen molar-refractivity contribution in [1.29, 1.82) is 0 Å². The summed E-state index contributed by atoms with van der Waals surface area (Å²) in [4.78, 5) is 12.9. The van der Waals surface area contributed by atoms with Gasteiger partial charge in [-0.2, -0.15) is 0 Å². The number of aliphatic hydroxyl groups excluding tert-OH is 1. The van der Waals surface area contributed by atoms with Crippen LogP contribution in [0.3, 0.4) is 0 Å². The monoisotopic (exact) mass is 472 g/mol. The molecule has 4 aliphatic carbocycles. The maximum Gasteiger partial charge on any atom is 0.334 e. The first-order valence-electron chi connectivity index (χ1n) is 14.0. The van der Waals surface area contributed by atoms with E-state index in [1.807, 2.05) is 6.08 Å². The largest absolute Gasteiger partial charge is 0.455 e. The molecule has 0 saturated heterocycles. The van der Waals surface area contributed by atoms with E-state index in [4.69, 9.17) is 4.74 Å². The molecule has 9 atom stereocenters. The molecule has 0 aromatic rings. The molecule has 1 heterocycles. The topological polar surface area (TPSA) is 66.8 Å². The average Bonchev–Trinajstić information content (AvgIpc) is 3.23. The molecule has 4 heteroatoms. The predicted molar refractivity (Wildman–Crippen MR) is 134 cm³/mol. The molecule has 0 spiro atoms. The van der Waals surface area contributed by atoms with Gasteiger partial charge in [-0.05, 0) is 117 Å². The van der Waals surface area contributed by atoms with Gasteiger partial charge in [-0.15, -0.1) is 0 Å². The van der Waals surface area contributed by atoms with Gasteiger partial charge < -0.3 is 14.9 Å². The Balaban J connectivity index is 1.44. The number of hydrogen-bond donors (Lipinski definition) is 2. The summed E-state index contributed by atoms with van der Waals surface area (Å²) in [7, 11) is 0. The Morgan fingerprint density at radius 2 is 1.62 bits per heavy atom. The van der Waals surface area contributed by atoms with Crippen molar-refractivity contribution in [3.63, 3.8) is 0 Å². The number of ether oxygens (including phenoxy) is 1. The zero-order valence-electron chi connectivity index (χ0n) is 22.6. The minimum absolute atomic E-state index is 0.0157. The van der Waals surface area contributed by atoms with Crippen molar-refractivity contribution in [2.24, 2.45) is 45.3 Å². The summed E-state index contributed by atoms with van der Waals surface area (Å²) in [6.45, 7) is 15.9. The highest BCUT2D eigenvalue weighted by atomic mass is 16.5. The number of hydrogen-bond acceptors (Lipinski definition) is 4. The third-order valence-corrected chi connectivity index (χ3v) is 12.3. The van der Waals surface area contributed by atoms with E-state index >= 15 is 0 Å². The lowest BCUT2D eigenvalue weighted by atomic mass is 9.35. The number of aliphatic hydroxyl groups is 2. The van der Waals surface area contributed by atoms with E-state index in [-0.39, 0.29) is 45.8 Å². The third-order valence-electron chi connectivity index (χ3n) is 12.3. The van der Waals surface area contributed by atoms with Crippen LogP contribution < -0.4 is 0 Å². The van der Waals surface area contributed by atoms with E-state index in [9.17, 15) is 15.0 Å². The lowest BCUT2D eigenvalue weighted by molar-refractivity contribution is -0.220. The molecule has 2 N–H and O–H groups in total. The average molecular weight is 473 g/mol. The molecule has 0 unspecified atom stereocenters. The molecular formula is C30H48O4. The second-order valence-corrected chi connectivity index (χ2v) is 14.8. The summed E-state index contributed by atoms with van der Waals surface area (Å²) in [5.74, 6) is 1.93. The Bertz CT molecular complexity index is 883. The summed E-state index contributed by atoms with van der Waals surface area (Å²) >= 11 is 0. The van der Waals surface area contributed by atoms with Gasteiger partial charge in [-0.1, -0.05) is 34.6 Å². The van der Waals surface area contributed by atoms with Crippen LogP contribution in [0.5, 0.6) is 0 Å². The first-order valence-corrected chi connectivity index (χ1v) is 14.0. The van der Waals surface area contributed by atoms with Crippen molar-refractivity contribution >= 4 is 5.97 Å². The standard InChI is InChI=1S/C30H48O4/c1-26(2,33)17-18-16-20(25(32)34-18)19-10-14-29(6)21(19)8-9-23-28(5)13-12-24(31)27(3,4)22(28)11-15-30(23,29)7/h16,18-19,21-24,31,33H,8-15,17H2,1-7H3/t18-,19+,21+,22-,23+,24-,28-,29+,30+/m0/s1. The lowest BCUT2D eigenvalue weighted by Crippen LogP contribution is -2.63. The molecule has 4 fully saturated rings. The molecule has 0 radical (unpaired) electrons. The van der Waals surface area contributed by atoms with Crippen LogP contribution in [0.2, 0.25) is 0 Å². The molecular weight excluding hydrogens is 424 g/mol. The molecule has 0 aromatic carbocycles. The van der Waals surface area contributed by atoms with Gasteiger partial charge in [0.05, 0.1) is 11.7 Å². The fourth-order valence-electron chi connectivity index (χ4n) is 10.5. The molecule has 34 heavy (non-hydrogen) atoms. The Labute approximate surface area is 206 Å². The number of esters is 1. The highest BCUT2D eigenvalue weighted by Gasteiger charge is 2.68. The molecule has 5 aliphatic rings. The van der Waals surface area contributed by atoms with E-state index in [1.54, 1.807) is 13.8 Å². The maximum atomic E-state index is 12.9. The zero-order valence-corrected chi connectivity index (χ0v) is 22.6. The van der Waals surface area contributed by atoms with Crippen LogP contribution in [0.25, 0.3) is 0 Å². The summed E-state index contributed by atoms with van der Waals surface area (Å²) in [6, 6.07) is 0. The van der Waals surface area contributed by atoms with Gasteiger partial charge >= 0.3 is 5.97 Å². The molecule has 5 rings (SSSR count). The Morgan fingerprint density at radius 1 is 0.941 bits per heavy atom. The molecule has 0 amide bonds. The SMILES string of the molecule is CC(C)(O)C[C@@H]1C=C([C@H]2CC[C@]3(C)[C@@H]2CC[C@@H]2[C@@]4(C)CC[C@H](O)C(C)(C)[C@@H]4CC[C@]23C)C(=O)O1. The zero-order chi connectivity index (χ0) is 24.9. The van der Waals surface area contributed by atoms with Crippen LogP contribution in [-0.2, 0) is 9.53 Å². The molecule has 1 aliphatic heterocycles. The minimum atomic E-state index is -0.845. The van der Waals surface area contributed by atoms with Crippen molar-refractivity contribution in [2.45, 2.75) is 124 Å². The molecule has 192 valence electrons. The first-order chi connectivity index (χ1) is 15.6.